The Morgan fingerprint density at radius 1 is 1.27 bits per heavy atom. The number of amides is 1. The highest BCUT2D eigenvalue weighted by Gasteiger charge is 2.17. The van der Waals surface area contributed by atoms with Gasteiger partial charge in [0.25, 0.3) is 5.91 Å². The molecule has 0 spiro atoms. The van der Waals surface area contributed by atoms with Crippen LogP contribution in [0.25, 0.3) is 0 Å². The average molecular weight is 316 g/mol. The standard InChI is InChI=1S/C18H24N2OS/c1-5-14-11-17(22-13(14)2)18(21)19-12-16(20(3)4)15-9-7-6-8-10-15/h6-11,16H,5,12H2,1-4H3,(H,19,21)/t16-/m0/s1. The summed E-state index contributed by atoms with van der Waals surface area (Å²) in [5, 5.41) is 3.07. The van der Waals surface area contributed by atoms with Gasteiger partial charge in [-0.25, -0.2) is 0 Å². The monoisotopic (exact) mass is 316 g/mol. The fourth-order valence-corrected chi connectivity index (χ4v) is 3.56. The van der Waals surface area contributed by atoms with Crippen LogP contribution in [0.5, 0.6) is 0 Å². The van der Waals surface area contributed by atoms with Gasteiger partial charge in [-0.05, 0) is 44.6 Å². The molecule has 0 unspecified atom stereocenters. The second kappa shape index (κ2) is 7.56. The summed E-state index contributed by atoms with van der Waals surface area (Å²) in [5.74, 6) is 0.0237. The van der Waals surface area contributed by atoms with E-state index in [0.717, 1.165) is 11.3 Å². The molecule has 1 atom stereocenters. The maximum atomic E-state index is 12.4. The zero-order valence-corrected chi connectivity index (χ0v) is 14.5. The molecule has 0 aliphatic rings. The van der Waals surface area contributed by atoms with Gasteiger partial charge in [-0.2, -0.15) is 0 Å². The molecule has 0 aliphatic carbocycles. The van der Waals surface area contributed by atoms with Crippen molar-refractivity contribution in [3.63, 3.8) is 0 Å². The second-order valence-electron chi connectivity index (χ2n) is 5.65. The SMILES string of the molecule is CCc1cc(C(=O)NC[C@@H](c2ccccc2)N(C)C)sc1C. The number of hydrogen-bond donors (Lipinski definition) is 1. The van der Waals surface area contributed by atoms with E-state index in [1.54, 1.807) is 11.3 Å². The predicted molar refractivity (Wildman–Crippen MR) is 93.6 cm³/mol. The molecule has 0 radical (unpaired) electrons. The quantitative estimate of drug-likeness (QED) is 0.882. The highest BCUT2D eigenvalue weighted by atomic mass is 32.1. The van der Waals surface area contributed by atoms with Crippen LogP contribution in [0.2, 0.25) is 0 Å². The van der Waals surface area contributed by atoms with Gasteiger partial charge in [0.1, 0.15) is 0 Å². The zero-order valence-electron chi connectivity index (χ0n) is 13.7. The summed E-state index contributed by atoms with van der Waals surface area (Å²) in [7, 11) is 4.07. The first-order valence-corrected chi connectivity index (χ1v) is 8.43. The molecule has 3 nitrogen and oxygen atoms in total. The molecule has 4 heteroatoms. The third-order valence-electron chi connectivity index (χ3n) is 3.89. The van der Waals surface area contributed by atoms with Crippen molar-refractivity contribution in [1.82, 2.24) is 10.2 Å². The number of likely N-dealkylation sites (N-methyl/N-ethyl adjacent to an activating group) is 1. The van der Waals surface area contributed by atoms with Gasteiger partial charge in [0.05, 0.1) is 10.9 Å². The summed E-state index contributed by atoms with van der Waals surface area (Å²) in [4.78, 5) is 16.5. The number of rotatable bonds is 6. The normalized spacial score (nSPS) is 12.4. The molecule has 1 amide bonds. The number of thiophene rings is 1. The Bertz CT molecular complexity index is 619. The van der Waals surface area contributed by atoms with Gasteiger partial charge in [0, 0.05) is 11.4 Å². The topological polar surface area (TPSA) is 32.3 Å². The molecule has 2 rings (SSSR count). The van der Waals surface area contributed by atoms with Crippen LogP contribution in [-0.4, -0.2) is 31.4 Å². The molecule has 1 heterocycles. The van der Waals surface area contributed by atoms with Gasteiger partial charge in [0.2, 0.25) is 0 Å². The lowest BCUT2D eigenvalue weighted by atomic mass is 10.1. The van der Waals surface area contributed by atoms with E-state index < -0.39 is 0 Å². The maximum absolute atomic E-state index is 12.4. The maximum Gasteiger partial charge on any atom is 0.261 e. The van der Waals surface area contributed by atoms with Gasteiger partial charge >= 0.3 is 0 Å². The van der Waals surface area contributed by atoms with E-state index in [0.29, 0.717) is 6.54 Å². The van der Waals surface area contributed by atoms with E-state index in [1.807, 2.05) is 38.4 Å². The molecule has 1 N–H and O–H groups in total. The van der Waals surface area contributed by atoms with E-state index in [-0.39, 0.29) is 11.9 Å². The summed E-state index contributed by atoms with van der Waals surface area (Å²) >= 11 is 1.58. The van der Waals surface area contributed by atoms with E-state index in [1.165, 1.54) is 16.0 Å². The molecule has 0 saturated carbocycles. The van der Waals surface area contributed by atoms with Crippen molar-refractivity contribution < 1.29 is 4.79 Å². The molecule has 0 aliphatic heterocycles. The predicted octanol–water partition coefficient (Wildman–Crippen LogP) is 3.65. The zero-order chi connectivity index (χ0) is 16.1. The minimum absolute atomic E-state index is 0.0237. The summed E-state index contributed by atoms with van der Waals surface area (Å²) in [6.45, 7) is 4.80. The van der Waals surface area contributed by atoms with Crippen molar-refractivity contribution in [2.75, 3.05) is 20.6 Å². The average Bonchev–Trinajstić information content (AvgIpc) is 2.89. The minimum atomic E-state index is 0.0237. The van der Waals surface area contributed by atoms with Gasteiger partial charge in [-0.15, -0.1) is 11.3 Å². The first-order chi connectivity index (χ1) is 10.5. The summed E-state index contributed by atoms with van der Waals surface area (Å²) in [5.41, 5.74) is 2.48. The molecule has 0 bridgehead atoms. The Labute approximate surface area is 137 Å². The number of benzene rings is 1. The summed E-state index contributed by atoms with van der Waals surface area (Å²) < 4.78 is 0. The highest BCUT2D eigenvalue weighted by molar-refractivity contribution is 7.14. The highest BCUT2D eigenvalue weighted by Crippen LogP contribution is 2.22. The molecule has 0 fully saturated rings. The second-order valence-corrected chi connectivity index (χ2v) is 6.90. The Morgan fingerprint density at radius 3 is 2.50 bits per heavy atom. The van der Waals surface area contributed by atoms with Crippen LogP contribution >= 0.6 is 11.3 Å². The van der Waals surface area contributed by atoms with E-state index >= 15 is 0 Å². The van der Waals surface area contributed by atoms with Crippen LogP contribution in [0, 0.1) is 6.92 Å². The molecule has 22 heavy (non-hydrogen) atoms. The Morgan fingerprint density at radius 2 is 1.95 bits per heavy atom. The van der Waals surface area contributed by atoms with Crippen LogP contribution in [0.15, 0.2) is 36.4 Å². The molecular formula is C18H24N2OS. The summed E-state index contributed by atoms with van der Waals surface area (Å²) in [6, 6.07) is 12.5. The van der Waals surface area contributed by atoms with Crippen molar-refractivity contribution in [3.8, 4) is 0 Å². The first kappa shape index (κ1) is 16.7. The molecule has 0 saturated heterocycles. The van der Waals surface area contributed by atoms with Gasteiger partial charge in [-0.1, -0.05) is 37.3 Å². The van der Waals surface area contributed by atoms with Crippen LogP contribution in [-0.2, 0) is 6.42 Å². The van der Waals surface area contributed by atoms with Gasteiger partial charge in [0.15, 0.2) is 0 Å². The third-order valence-corrected chi connectivity index (χ3v) is 4.98. The number of carbonyl (C=O) groups excluding carboxylic acids is 1. The smallest absolute Gasteiger partial charge is 0.261 e. The molecular weight excluding hydrogens is 292 g/mol. The first-order valence-electron chi connectivity index (χ1n) is 7.61. The Balaban J connectivity index is 2.04. The Kier molecular flexibility index (Phi) is 5.75. The van der Waals surface area contributed by atoms with E-state index in [2.05, 4.69) is 36.2 Å². The van der Waals surface area contributed by atoms with Crippen molar-refractivity contribution in [2.45, 2.75) is 26.3 Å². The summed E-state index contributed by atoms with van der Waals surface area (Å²) in [6.07, 6.45) is 0.972. The van der Waals surface area contributed by atoms with Crippen LogP contribution in [0.3, 0.4) is 0 Å². The van der Waals surface area contributed by atoms with Crippen molar-refractivity contribution in [3.05, 3.63) is 57.3 Å². The Hall–Kier alpha value is -1.65. The molecule has 1 aromatic heterocycles. The number of carbonyl (C=O) groups is 1. The van der Waals surface area contributed by atoms with E-state index in [4.69, 9.17) is 0 Å². The fourth-order valence-electron chi connectivity index (χ4n) is 2.53. The number of aryl methyl sites for hydroxylation is 2. The van der Waals surface area contributed by atoms with Crippen LogP contribution < -0.4 is 5.32 Å². The lowest BCUT2D eigenvalue weighted by Gasteiger charge is -2.25. The fraction of sp³-hybridized carbons (Fsp3) is 0.389. The van der Waals surface area contributed by atoms with Crippen molar-refractivity contribution in [1.29, 1.82) is 0 Å². The number of hydrogen-bond acceptors (Lipinski definition) is 3. The molecule has 2 aromatic rings. The third kappa shape index (κ3) is 3.96. The lowest BCUT2D eigenvalue weighted by Crippen LogP contribution is -2.34. The van der Waals surface area contributed by atoms with Crippen LogP contribution in [0.4, 0.5) is 0 Å². The van der Waals surface area contributed by atoms with Gasteiger partial charge in [-0.3, -0.25) is 4.79 Å². The largest absolute Gasteiger partial charge is 0.349 e. The molecule has 118 valence electrons. The minimum Gasteiger partial charge on any atom is -0.349 e. The van der Waals surface area contributed by atoms with E-state index in [9.17, 15) is 4.79 Å². The lowest BCUT2D eigenvalue weighted by molar-refractivity contribution is 0.0946. The van der Waals surface area contributed by atoms with Crippen molar-refractivity contribution in [2.24, 2.45) is 0 Å². The van der Waals surface area contributed by atoms with Gasteiger partial charge < -0.3 is 10.2 Å². The number of nitrogens with one attached hydrogen (secondary N) is 1. The molecule has 1 aromatic carbocycles. The van der Waals surface area contributed by atoms with Crippen molar-refractivity contribution >= 4 is 17.2 Å². The van der Waals surface area contributed by atoms with Crippen LogP contribution in [0.1, 0.15) is 38.6 Å². The number of nitrogens with zero attached hydrogens (tertiary/aromatic N) is 1.